The first-order chi connectivity index (χ1) is 17.9. The van der Waals surface area contributed by atoms with Gasteiger partial charge in [-0.05, 0) is 56.0 Å². The summed E-state index contributed by atoms with van der Waals surface area (Å²) in [4.78, 5) is 31.3. The Balaban J connectivity index is 1.74. The molecule has 0 radical (unpaired) electrons. The lowest BCUT2D eigenvalue weighted by Crippen LogP contribution is -2.26. The molecule has 3 aromatic heterocycles. The Morgan fingerprint density at radius 2 is 1.76 bits per heavy atom. The average molecular weight is 497 g/mol. The van der Waals surface area contributed by atoms with Crippen LogP contribution in [0.1, 0.15) is 30.0 Å². The molecule has 0 unspecified atom stereocenters. The highest BCUT2D eigenvalue weighted by atomic mass is 19.1. The highest BCUT2D eigenvalue weighted by Gasteiger charge is 2.20. The van der Waals surface area contributed by atoms with Crippen molar-refractivity contribution in [3.63, 3.8) is 0 Å². The second kappa shape index (κ2) is 9.77. The number of aryl methyl sites for hydroxylation is 2. The summed E-state index contributed by atoms with van der Waals surface area (Å²) in [5.74, 6) is 0.866. The summed E-state index contributed by atoms with van der Waals surface area (Å²) < 4.78 is 20.9. The Hall–Kier alpha value is -4.66. The highest BCUT2D eigenvalue weighted by molar-refractivity contribution is 5.96. The summed E-state index contributed by atoms with van der Waals surface area (Å²) in [6.45, 7) is 5.67. The van der Waals surface area contributed by atoms with Gasteiger partial charge in [-0.2, -0.15) is 0 Å². The summed E-state index contributed by atoms with van der Waals surface area (Å²) in [6.07, 6.45) is 4.98. The quantitative estimate of drug-likeness (QED) is 0.346. The molecule has 0 bridgehead atoms. The van der Waals surface area contributed by atoms with Crippen molar-refractivity contribution in [1.82, 2.24) is 24.5 Å². The molecule has 5 aromatic rings. The Labute approximate surface area is 212 Å². The van der Waals surface area contributed by atoms with E-state index in [2.05, 4.69) is 25.3 Å². The van der Waals surface area contributed by atoms with Crippen LogP contribution in [0, 0.1) is 19.7 Å². The van der Waals surface area contributed by atoms with Crippen LogP contribution < -0.4 is 15.6 Å². The molecule has 0 spiro atoms. The van der Waals surface area contributed by atoms with Gasteiger partial charge in [0.15, 0.2) is 0 Å². The third kappa shape index (κ3) is 4.63. The van der Waals surface area contributed by atoms with Crippen LogP contribution in [-0.4, -0.2) is 31.6 Å². The molecule has 2 aromatic carbocycles. The van der Waals surface area contributed by atoms with Gasteiger partial charge >= 0.3 is 6.01 Å². The number of hydrogen-bond acceptors (Lipinski definition) is 7. The number of nitrogens with one attached hydrogen (secondary N) is 1. The van der Waals surface area contributed by atoms with E-state index in [1.54, 1.807) is 35.3 Å². The van der Waals surface area contributed by atoms with E-state index in [0.717, 1.165) is 10.9 Å². The van der Waals surface area contributed by atoms with Crippen LogP contribution in [0.15, 0.2) is 71.9 Å². The minimum Gasteiger partial charge on any atom is -0.467 e. The molecule has 5 rings (SSSR count). The van der Waals surface area contributed by atoms with Gasteiger partial charge in [0.05, 0.1) is 24.2 Å². The maximum atomic E-state index is 14.3. The standard InChI is InChI=1S/C28H25FN6O2/c1-16-13-30-18(3)34-26(16)33-17(2)24-11-19-7-5-10-23(20-14-31-28(37-4)32-15-20)25(19)27(36)35(24)22-9-6-8-21(29)12-22/h5-15,17H,1-4H3,(H,30,33,34)/t17-/m0/s1. The molecule has 0 saturated carbocycles. The number of ether oxygens (including phenoxy) is 1. The molecule has 9 heteroatoms. The van der Waals surface area contributed by atoms with Crippen LogP contribution in [0.2, 0.25) is 0 Å². The molecule has 0 aliphatic heterocycles. The van der Waals surface area contributed by atoms with Crippen LogP contribution in [0.3, 0.4) is 0 Å². The molecule has 37 heavy (non-hydrogen) atoms. The third-order valence-corrected chi connectivity index (χ3v) is 6.15. The van der Waals surface area contributed by atoms with Crippen LogP contribution in [-0.2, 0) is 0 Å². The number of benzene rings is 2. The second-order valence-electron chi connectivity index (χ2n) is 8.73. The zero-order valence-electron chi connectivity index (χ0n) is 20.9. The summed E-state index contributed by atoms with van der Waals surface area (Å²) in [5.41, 5.74) is 3.01. The fourth-order valence-corrected chi connectivity index (χ4v) is 4.34. The van der Waals surface area contributed by atoms with Gasteiger partial charge in [0, 0.05) is 35.4 Å². The lowest BCUT2D eigenvalue weighted by atomic mass is 9.99. The third-order valence-electron chi connectivity index (χ3n) is 6.15. The van der Waals surface area contributed by atoms with E-state index in [4.69, 9.17) is 4.74 Å². The number of fused-ring (bicyclic) bond motifs is 1. The monoisotopic (exact) mass is 496 g/mol. The number of aromatic nitrogens is 5. The van der Waals surface area contributed by atoms with Gasteiger partial charge in [-0.25, -0.2) is 24.3 Å². The van der Waals surface area contributed by atoms with Gasteiger partial charge in [-0.3, -0.25) is 9.36 Å². The molecule has 3 heterocycles. The minimum absolute atomic E-state index is 0.235. The molecule has 186 valence electrons. The first kappa shape index (κ1) is 24.1. The lowest BCUT2D eigenvalue weighted by molar-refractivity contribution is 0.380. The minimum atomic E-state index is -0.435. The lowest BCUT2D eigenvalue weighted by Gasteiger charge is -2.22. The SMILES string of the molecule is COc1ncc(-c2cccc3cc([C@H](C)Nc4nc(C)ncc4C)n(-c4cccc(F)c4)c(=O)c23)cn1. The summed E-state index contributed by atoms with van der Waals surface area (Å²) >= 11 is 0. The Kier molecular flexibility index (Phi) is 6.35. The van der Waals surface area contributed by atoms with Gasteiger partial charge in [-0.1, -0.05) is 24.3 Å². The van der Waals surface area contributed by atoms with E-state index in [1.165, 1.54) is 19.2 Å². The molecule has 8 nitrogen and oxygen atoms in total. The summed E-state index contributed by atoms with van der Waals surface area (Å²) in [7, 11) is 1.49. The van der Waals surface area contributed by atoms with Crippen molar-refractivity contribution in [3.8, 4) is 22.8 Å². The molecule has 0 aliphatic rings. The molecule has 0 amide bonds. The van der Waals surface area contributed by atoms with E-state index in [9.17, 15) is 9.18 Å². The van der Waals surface area contributed by atoms with Crippen LogP contribution in [0.4, 0.5) is 10.2 Å². The average Bonchev–Trinajstić information content (AvgIpc) is 2.90. The number of hydrogen-bond donors (Lipinski definition) is 1. The smallest absolute Gasteiger partial charge is 0.316 e. The number of halogens is 1. The Bertz CT molecular complexity index is 1670. The number of anilines is 1. The van der Waals surface area contributed by atoms with Gasteiger partial charge in [0.2, 0.25) is 0 Å². The topological polar surface area (TPSA) is 94.8 Å². The van der Waals surface area contributed by atoms with Crippen molar-refractivity contribution in [1.29, 1.82) is 0 Å². The van der Waals surface area contributed by atoms with Gasteiger partial charge in [-0.15, -0.1) is 0 Å². The summed E-state index contributed by atoms with van der Waals surface area (Å²) in [6, 6.07) is 13.4. The van der Waals surface area contributed by atoms with E-state index in [0.29, 0.717) is 39.5 Å². The highest BCUT2D eigenvalue weighted by Crippen LogP contribution is 2.30. The van der Waals surface area contributed by atoms with Crippen molar-refractivity contribution < 1.29 is 9.13 Å². The van der Waals surface area contributed by atoms with Gasteiger partial charge < -0.3 is 10.1 Å². The van der Waals surface area contributed by atoms with E-state index < -0.39 is 5.82 Å². The number of pyridine rings is 1. The van der Waals surface area contributed by atoms with Gasteiger partial charge in [0.25, 0.3) is 5.56 Å². The van der Waals surface area contributed by atoms with Crippen molar-refractivity contribution in [3.05, 3.63) is 100 Å². The maximum absolute atomic E-state index is 14.3. The number of rotatable bonds is 6. The summed E-state index contributed by atoms with van der Waals surface area (Å²) in [5, 5.41) is 4.62. The largest absolute Gasteiger partial charge is 0.467 e. The van der Waals surface area contributed by atoms with Gasteiger partial charge in [0.1, 0.15) is 17.5 Å². The molecule has 1 atom stereocenters. The van der Waals surface area contributed by atoms with Crippen LogP contribution in [0.5, 0.6) is 6.01 Å². The molecular formula is C28H25FN6O2. The predicted octanol–water partition coefficient (Wildman–Crippen LogP) is 5.18. The van der Waals surface area contributed by atoms with Crippen LogP contribution >= 0.6 is 0 Å². The van der Waals surface area contributed by atoms with Crippen molar-refractivity contribution >= 4 is 16.6 Å². The maximum Gasteiger partial charge on any atom is 0.316 e. The molecule has 0 saturated heterocycles. The van der Waals surface area contributed by atoms with Crippen molar-refractivity contribution in [2.24, 2.45) is 0 Å². The Morgan fingerprint density at radius 1 is 1.00 bits per heavy atom. The second-order valence-corrected chi connectivity index (χ2v) is 8.73. The molecule has 0 fully saturated rings. The molecule has 1 N–H and O–H groups in total. The normalized spacial score (nSPS) is 11.9. The van der Waals surface area contributed by atoms with E-state index in [-0.39, 0.29) is 17.6 Å². The predicted molar refractivity (Wildman–Crippen MR) is 141 cm³/mol. The fourth-order valence-electron chi connectivity index (χ4n) is 4.34. The first-order valence-corrected chi connectivity index (χ1v) is 11.7. The molecular weight excluding hydrogens is 471 g/mol. The number of nitrogens with zero attached hydrogens (tertiary/aromatic N) is 5. The number of methoxy groups -OCH3 is 1. The molecule has 0 aliphatic carbocycles. The van der Waals surface area contributed by atoms with E-state index >= 15 is 0 Å². The van der Waals surface area contributed by atoms with Crippen LogP contribution in [0.25, 0.3) is 27.6 Å². The zero-order valence-corrected chi connectivity index (χ0v) is 20.9. The van der Waals surface area contributed by atoms with Crippen molar-refractivity contribution in [2.75, 3.05) is 12.4 Å². The first-order valence-electron chi connectivity index (χ1n) is 11.7. The Morgan fingerprint density at radius 3 is 2.49 bits per heavy atom. The van der Waals surface area contributed by atoms with Crippen molar-refractivity contribution in [2.45, 2.75) is 26.8 Å². The zero-order chi connectivity index (χ0) is 26.1. The van der Waals surface area contributed by atoms with E-state index in [1.807, 2.05) is 45.0 Å². The fraction of sp³-hybridized carbons (Fsp3) is 0.179.